The Kier molecular flexibility index (Phi) is 1.74. The average Bonchev–Trinajstić information content (AvgIpc) is 2.88. The van der Waals surface area contributed by atoms with Crippen molar-refractivity contribution < 1.29 is 0 Å². The van der Waals surface area contributed by atoms with Crippen LogP contribution in [-0.4, -0.2) is 13.2 Å². The van der Waals surface area contributed by atoms with Gasteiger partial charge in [0.15, 0.2) is 0 Å². The molecule has 0 radical (unpaired) electrons. The van der Waals surface area contributed by atoms with Gasteiger partial charge in [-0.2, -0.15) is 0 Å². The van der Waals surface area contributed by atoms with Crippen molar-refractivity contribution in [2.24, 2.45) is 5.92 Å². The molecule has 2 aliphatic heterocycles. The monoisotopic (exact) mass is 224 g/mol. The Labute approximate surface area is 102 Å². The number of fused-ring (bicyclic) bond motifs is 5. The lowest BCUT2D eigenvalue weighted by molar-refractivity contribution is 0.578. The normalized spacial score (nSPS) is 28.9. The second kappa shape index (κ2) is 3.16. The molecule has 86 valence electrons. The van der Waals surface area contributed by atoms with Crippen molar-refractivity contribution in [3.05, 3.63) is 48.2 Å². The average molecular weight is 224 g/mol. The first-order chi connectivity index (χ1) is 8.36. The predicted octanol–water partition coefficient (Wildman–Crippen LogP) is 3.13. The number of allylic oxidation sites excluding steroid dienone is 4. The van der Waals surface area contributed by atoms with Gasteiger partial charge in [0.1, 0.15) is 6.17 Å². The van der Waals surface area contributed by atoms with Crippen molar-refractivity contribution in [3.8, 4) is 0 Å². The summed E-state index contributed by atoms with van der Waals surface area (Å²) in [5, 5.41) is 0. The molecule has 1 aromatic carbocycles. The van der Waals surface area contributed by atoms with Gasteiger partial charge in [-0.15, -0.1) is 0 Å². The van der Waals surface area contributed by atoms with E-state index in [1.807, 2.05) is 0 Å². The van der Waals surface area contributed by atoms with Crippen LogP contribution in [0.3, 0.4) is 0 Å². The highest BCUT2D eigenvalue weighted by Crippen LogP contribution is 2.50. The van der Waals surface area contributed by atoms with Crippen molar-refractivity contribution in [2.45, 2.75) is 19.0 Å². The molecule has 0 saturated carbocycles. The van der Waals surface area contributed by atoms with Crippen LogP contribution in [0.25, 0.3) is 0 Å². The van der Waals surface area contributed by atoms with E-state index in [1.165, 1.54) is 29.9 Å². The molecule has 3 aliphatic rings. The van der Waals surface area contributed by atoms with Crippen LogP contribution in [0.15, 0.2) is 48.2 Å². The molecular weight excluding hydrogens is 208 g/mol. The minimum absolute atomic E-state index is 0.531. The van der Waals surface area contributed by atoms with Gasteiger partial charge in [0.2, 0.25) is 0 Å². The van der Waals surface area contributed by atoms with Crippen molar-refractivity contribution >= 4 is 11.4 Å². The number of anilines is 2. The molecule has 0 bridgehead atoms. The van der Waals surface area contributed by atoms with E-state index in [4.69, 9.17) is 0 Å². The summed E-state index contributed by atoms with van der Waals surface area (Å²) in [6.07, 6.45) is 9.78. The molecule has 1 saturated heterocycles. The molecule has 17 heavy (non-hydrogen) atoms. The molecule has 2 heteroatoms. The zero-order valence-electron chi connectivity index (χ0n) is 10.0. The Bertz CT molecular complexity index is 529. The Morgan fingerprint density at radius 3 is 2.88 bits per heavy atom. The minimum atomic E-state index is 0.531. The quantitative estimate of drug-likeness (QED) is 0.668. The van der Waals surface area contributed by atoms with E-state index in [-0.39, 0.29) is 0 Å². The first kappa shape index (κ1) is 9.34. The number of hydrogen-bond acceptors (Lipinski definition) is 2. The Balaban J connectivity index is 1.88. The fraction of sp³-hybridized carbons (Fsp3) is 0.333. The third-order valence-electron chi connectivity index (χ3n) is 4.28. The number of rotatable bonds is 0. The summed E-state index contributed by atoms with van der Waals surface area (Å²) < 4.78 is 0. The number of benzene rings is 1. The van der Waals surface area contributed by atoms with Gasteiger partial charge >= 0.3 is 0 Å². The summed E-state index contributed by atoms with van der Waals surface area (Å²) in [5.74, 6) is 0.723. The highest BCUT2D eigenvalue weighted by atomic mass is 15.4. The van der Waals surface area contributed by atoms with E-state index in [1.54, 1.807) is 0 Å². The second-order valence-corrected chi connectivity index (χ2v) is 5.14. The van der Waals surface area contributed by atoms with Gasteiger partial charge in [-0.25, -0.2) is 0 Å². The lowest BCUT2D eigenvalue weighted by Crippen LogP contribution is -2.35. The van der Waals surface area contributed by atoms with Crippen LogP contribution in [0, 0.1) is 5.92 Å². The standard InChI is InChI=1S/C15H16N2/c1-16-13-8-4-5-9-14(13)17-12-7-3-2-6-11(12)10-15(16)17/h2-5,7-9,11,15H,6,10H2,1H3. The van der Waals surface area contributed by atoms with Gasteiger partial charge in [0, 0.05) is 18.7 Å². The van der Waals surface area contributed by atoms with Gasteiger partial charge in [0.25, 0.3) is 0 Å². The van der Waals surface area contributed by atoms with Gasteiger partial charge in [-0.05, 0) is 31.1 Å². The summed E-state index contributed by atoms with van der Waals surface area (Å²) in [6.45, 7) is 0. The summed E-state index contributed by atoms with van der Waals surface area (Å²) in [4.78, 5) is 4.96. The maximum Gasteiger partial charge on any atom is 0.106 e. The second-order valence-electron chi connectivity index (χ2n) is 5.14. The largest absolute Gasteiger partial charge is 0.352 e. The van der Waals surface area contributed by atoms with Crippen LogP contribution in [0.2, 0.25) is 0 Å². The van der Waals surface area contributed by atoms with Crippen LogP contribution in [-0.2, 0) is 0 Å². The van der Waals surface area contributed by atoms with Crippen LogP contribution < -0.4 is 9.80 Å². The molecule has 0 N–H and O–H groups in total. The smallest absolute Gasteiger partial charge is 0.106 e. The van der Waals surface area contributed by atoms with Crippen molar-refractivity contribution in [2.75, 3.05) is 16.8 Å². The summed E-state index contributed by atoms with van der Waals surface area (Å²) >= 11 is 0. The fourth-order valence-electron chi connectivity index (χ4n) is 3.45. The van der Waals surface area contributed by atoms with E-state index >= 15 is 0 Å². The van der Waals surface area contributed by atoms with Gasteiger partial charge in [-0.1, -0.05) is 24.3 Å². The highest BCUT2D eigenvalue weighted by molar-refractivity contribution is 5.80. The number of para-hydroxylation sites is 2. The van der Waals surface area contributed by atoms with Crippen LogP contribution in [0.1, 0.15) is 12.8 Å². The molecule has 0 spiro atoms. The van der Waals surface area contributed by atoms with Crippen molar-refractivity contribution in [3.63, 3.8) is 0 Å². The van der Waals surface area contributed by atoms with Gasteiger partial charge < -0.3 is 9.80 Å². The van der Waals surface area contributed by atoms with Crippen LogP contribution in [0.5, 0.6) is 0 Å². The van der Waals surface area contributed by atoms with E-state index in [9.17, 15) is 0 Å². The molecule has 2 unspecified atom stereocenters. The maximum atomic E-state index is 2.53. The third kappa shape index (κ3) is 1.10. The van der Waals surface area contributed by atoms with Crippen LogP contribution in [0.4, 0.5) is 11.4 Å². The van der Waals surface area contributed by atoms with Gasteiger partial charge in [0.05, 0.1) is 11.4 Å². The Morgan fingerprint density at radius 1 is 1.18 bits per heavy atom. The maximum absolute atomic E-state index is 2.53. The van der Waals surface area contributed by atoms with Gasteiger partial charge in [-0.3, -0.25) is 0 Å². The first-order valence-corrected chi connectivity index (χ1v) is 6.34. The zero-order chi connectivity index (χ0) is 11.4. The van der Waals surface area contributed by atoms with E-state index in [0.717, 1.165) is 5.92 Å². The third-order valence-corrected chi connectivity index (χ3v) is 4.28. The molecule has 4 rings (SSSR count). The molecule has 2 nitrogen and oxygen atoms in total. The SMILES string of the molecule is CN1c2ccccc2N2C3=CC=CCC3CC12. The Hall–Kier alpha value is -1.70. The van der Waals surface area contributed by atoms with E-state index in [2.05, 4.69) is 59.3 Å². The fourth-order valence-corrected chi connectivity index (χ4v) is 3.45. The summed E-state index contributed by atoms with van der Waals surface area (Å²) in [5.41, 5.74) is 4.25. The lowest BCUT2D eigenvalue weighted by atomic mass is 9.96. The molecular formula is C15H16N2. The lowest BCUT2D eigenvalue weighted by Gasteiger charge is -2.24. The molecule has 0 amide bonds. The minimum Gasteiger partial charge on any atom is -0.352 e. The predicted molar refractivity (Wildman–Crippen MR) is 71.1 cm³/mol. The first-order valence-electron chi connectivity index (χ1n) is 6.34. The van der Waals surface area contributed by atoms with E-state index in [0.29, 0.717) is 6.17 Å². The number of hydrogen-bond donors (Lipinski definition) is 0. The molecule has 2 atom stereocenters. The zero-order valence-corrected chi connectivity index (χ0v) is 10.0. The topological polar surface area (TPSA) is 6.48 Å². The summed E-state index contributed by atoms with van der Waals surface area (Å²) in [7, 11) is 2.22. The van der Waals surface area contributed by atoms with Crippen LogP contribution >= 0.6 is 0 Å². The molecule has 1 aromatic rings. The van der Waals surface area contributed by atoms with E-state index < -0.39 is 0 Å². The van der Waals surface area contributed by atoms with Crippen molar-refractivity contribution in [1.82, 2.24) is 0 Å². The molecule has 1 aliphatic carbocycles. The number of nitrogens with zero attached hydrogens (tertiary/aromatic N) is 2. The Morgan fingerprint density at radius 2 is 2.00 bits per heavy atom. The summed E-state index contributed by atoms with van der Waals surface area (Å²) in [6, 6.07) is 8.74. The highest BCUT2D eigenvalue weighted by Gasteiger charge is 2.44. The molecule has 1 fully saturated rings. The molecule has 2 heterocycles. The van der Waals surface area contributed by atoms with Crippen molar-refractivity contribution in [1.29, 1.82) is 0 Å². The molecule has 0 aromatic heterocycles.